The molecule has 1 aromatic rings. The van der Waals surface area contributed by atoms with Crippen LogP contribution in [0.4, 0.5) is 0 Å². The van der Waals surface area contributed by atoms with Crippen LogP contribution in [-0.4, -0.2) is 11.7 Å². The summed E-state index contributed by atoms with van der Waals surface area (Å²) in [6, 6.07) is 10.7. The van der Waals surface area contributed by atoms with Crippen LogP contribution in [-0.2, 0) is 0 Å². The maximum atomic E-state index is 8.66. The Morgan fingerprint density at radius 1 is 0.938 bits per heavy atom. The van der Waals surface area contributed by atoms with Gasteiger partial charge in [0.15, 0.2) is 0 Å². The molecule has 0 aliphatic rings. The third-order valence-electron chi connectivity index (χ3n) is 3.16. The van der Waals surface area contributed by atoms with Crippen LogP contribution >= 0.6 is 0 Å². The van der Waals surface area contributed by atoms with Gasteiger partial charge < -0.3 is 5.11 Å². The first kappa shape index (κ1) is 13.2. The van der Waals surface area contributed by atoms with Gasteiger partial charge in [0, 0.05) is 6.61 Å². The van der Waals surface area contributed by atoms with Crippen LogP contribution in [0.15, 0.2) is 30.3 Å². The van der Waals surface area contributed by atoms with Gasteiger partial charge in [-0.15, -0.1) is 0 Å². The van der Waals surface area contributed by atoms with E-state index in [1.807, 2.05) is 0 Å². The van der Waals surface area contributed by atoms with E-state index in [-0.39, 0.29) is 0 Å². The van der Waals surface area contributed by atoms with Gasteiger partial charge >= 0.3 is 0 Å². The molecule has 90 valence electrons. The summed E-state index contributed by atoms with van der Waals surface area (Å²) in [5.74, 6) is 0.680. The normalized spacial score (nSPS) is 12.6. The van der Waals surface area contributed by atoms with E-state index in [1.165, 1.54) is 37.7 Å². The van der Waals surface area contributed by atoms with Crippen molar-refractivity contribution in [1.82, 2.24) is 0 Å². The summed E-state index contributed by atoms with van der Waals surface area (Å²) >= 11 is 0. The number of unbranched alkanes of at least 4 members (excludes halogenated alkanes) is 4. The lowest BCUT2D eigenvalue weighted by Gasteiger charge is -2.11. The summed E-state index contributed by atoms with van der Waals surface area (Å²) in [6.45, 7) is 2.66. The fourth-order valence-corrected chi connectivity index (χ4v) is 2.04. The molecule has 0 aliphatic carbocycles. The summed E-state index contributed by atoms with van der Waals surface area (Å²) in [5.41, 5.74) is 1.46. The van der Waals surface area contributed by atoms with Crippen molar-refractivity contribution in [2.45, 2.75) is 51.4 Å². The Bertz CT molecular complexity index is 255. The molecule has 0 fully saturated rings. The first-order chi connectivity index (χ1) is 7.84. The molecule has 0 bridgehead atoms. The molecule has 0 saturated carbocycles. The van der Waals surface area contributed by atoms with Crippen molar-refractivity contribution in [2.75, 3.05) is 6.61 Å². The second kappa shape index (κ2) is 8.35. The van der Waals surface area contributed by atoms with Crippen LogP contribution < -0.4 is 0 Å². The largest absolute Gasteiger partial charge is 0.396 e. The maximum Gasteiger partial charge on any atom is 0.0431 e. The summed E-state index contributed by atoms with van der Waals surface area (Å²) in [5, 5.41) is 8.66. The van der Waals surface area contributed by atoms with Gasteiger partial charge in [0.25, 0.3) is 0 Å². The Hall–Kier alpha value is -0.820. The molecule has 1 rings (SSSR count). The first-order valence-corrected chi connectivity index (χ1v) is 6.50. The number of hydrogen-bond donors (Lipinski definition) is 1. The maximum absolute atomic E-state index is 8.66. The van der Waals surface area contributed by atoms with E-state index in [9.17, 15) is 0 Å². The molecule has 0 radical (unpaired) electrons. The minimum atomic E-state index is 0.348. The summed E-state index contributed by atoms with van der Waals surface area (Å²) in [7, 11) is 0. The van der Waals surface area contributed by atoms with E-state index in [0.29, 0.717) is 12.5 Å². The van der Waals surface area contributed by atoms with Gasteiger partial charge in [-0.3, -0.25) is 0 Å². The molecule has 0 aromatic heterocycles. The first-order valence-electron chi connectivity index (χ1n) is 6.50. The van der Waals surface area contributed by atoms with Crippen LogP contribution in [0.1, 0.15) is 56.9 Å². The van der Waals surface area contributed by atoms with E-state index in [0.717, 1.165) is 6.42 Å². The molecule has 0 heterocycles. The average Bonchev–Trinajstić information content (AvgIpc) is 2.34. The van der Waals surface area contributed by atoms with Crippen LogP contribution in [0.25, 0.3) is 0 Å². The molecule has 1 nitrogen and oxygen atoms in total. The standard InChI is InChI=1S/C15H24O/c1-14(15-11-7-5-8-12-15)10-6-3-2-4-9-13-16/h5,7-8,11-12,14,16H,2-4,6,9-10,13H2,1H3. The van der Waals surface area contributed by atoms with Crippen LogP contribution in [0.3, 0.4) is 0 Å². The highest BCUT2D eigenvalue weighted by molar-refractivity contribution is 5.18. The lowest BCUT2D eigenvalue weighted by Crippen LogP contribution is -1.93. The second-order valence-electron chi connectivity index (χ2n) is 4.59. The van der Waals surface area contributed by atoms with Crippen LogP contribution in [0, 0.1) is 0 Å². The summed E-state index contributed by atoms with van der Waals surface area (Å²) < 4.78 is 0. The number of hydrogen-bond acceptors (Lipinski definition) is 1. The van der Waals surface area contributed by atoms with Gasteiger partial charge in [-0.05, 0) is 24.3 Å². The van der Waals surface area contributed by atoms with Gasteiger partial charge in [-0.25, -0.2) is 0 Å². The Balaban J connectivity index is 2.09. The van der Waals surface area contributed by atoms with Gasteiger partial charge in [0.1, 0.15) is 0 Å². The predicted octanol–water partition coefficient (Wildman–Crippen LogP) is 4.12. The third-order valence-corrected chi connectivity index (χ3v) is 3.16. The quantitative estimate of drug-likeness (QED) is 0.653. The molecule has 0 aliphatic heterocycles. The minimum absolute atomic E-state index is 0.348. The SMILES string of the molecule is CC(CCCCCCCO)c1ccccc1. The molecule has 1 atom stereocenters. The molecule has 16 heavy (non-hydrogen) atoms. The molecule has 0 saturated heterocycles. The van der Waals surface area contributed by atoms with E-state index in [2.05, 4.69) is 37.3 Å². The van der Waals surface area contributed by atoms with Gasteiger partial charge in [0.2, 0.25) is 0 Å². The topological polar surface area (TPSA) is 20.2 Å². The molecule has 0 spiro atoms. The van der Waals surface area contributed by atoms with E-state index >= 15 is 0 Å². The molecular formula is C15H24O. The number of aliphatic hydroxyl groups excluding tert-OH is 1. The molecule has 1 aromatic carbocycles. The van der Waals surface area contributed by atoms with E-state index < -0.39 is 0 Å². The Morgan fingerprint density at radius 3 is 2.25 bits per heavy atom. The molecular weight excluding hydrogens is 196 g/mol. The Kier molecular flexibility index (Phi) is 6.91. The summed E-state index contributed by atoms with van der Waals surface area (Å²) in [4.78, 5) is 0. The van der Waals surface area contributed by atoms with Gasteiger partial charge in [-0.1, -0.05) is 62.9 Å². The van der Waals surface area contributed by atoms with Gasteiger partial charge in [0.05, 0.1) is 0 Å². The number of benzene rings is 1. The van der Waals surface area contributed by atoms with Crippen molar-refractivity contribution in [2.24, 2.45) is 0 Å². The highest BCUT2D eigenvalue weighted by atomic mass is 16.2. The highest BCUT2D eigenvalue weighted by Crippen LogP contribution is 2.21. The smallest absolute Gasteiger partial charge is 0.0431 e. The molecule has 1 N–H and O–H groups in total. The van der Waals surface area contributed by atoms with Crippen LogP contribution in [0.5, 0.6) is 0 Å². The van der Waals surface area contributed by atoms with Crippen LogP contribution in [0.2, 0.25) is 0 Å². The monoisotopic (exact) mass is 220 g/mol. The molecule has 1 unspecified atom stereocenters. The molecule has 1 heteroatoms. The number of rotatable bonds is 8. The van der Waals surface area contributed by atoms with Crippen molar-refractivity contribution >= 4 is 0 Å². The van der Waals surface area contributed by atoms with Crippen molar-refractivity contribution in [3.05, 3.63) is 35.9 Å². The van der Waals surface area contributed by atoms with Crippen molar-refractivity contribution in [3.63, 3.8) is 0 Å². The van der Waals surface area contributed by atoms with Crippen molar-refractivity contribution in [1.29, 1.82) is 0 Å². The third kappa shape index (κ3) is 5.32. The predicted molar refractivity (Wildman–Crippen MR) is 69.6 cm³/mol. The average molecular weight is 220 g/mol. The summed E-state index contributed by atoms with van der Waals surface area (Å²) in [6.07, 6.45) is 7.30. The van der Waals surface area contributed by atoms with Gasteiger partial charge in [-0.2, -0.15) is 0 Å². The minimum Gasteiger partial charge on any atom is -0.396 e. The molecule has 0 amide bonds. The number of aliphatic hydroxyl groups is 1. The Labute approximate surface area is 99.5 Å². The zero-order chi connectivity index (χ0) is 11.6. The fraction of sp³-hybridized carbons (Fsp3) is 0.600. The van der Waals surface area contributed by atoms with Crippen molar-refractivity contribution in [3.8, 4) is 0 Å². The fourth-order valence-electron chi connectivity index (χ4n) is 2.04. The lowest BCUT2D eigenvalue weighted by molar-refractivity contribution is 0.282. The van der Waals surface area contributed by atoms with E-state index in [1.54, 1.807) is 0 Å². The Morgan fingerprint density at radius 2 is 1.56 bits per heavy atom. The zero-order valence-corrected chi connectivity index (χ0v) is 10.4. The van der Waals surface area contributed by atoms with Crippen molar-refractivity contribution < 1.29 is 5.11 Å². The lowest BCUT2D eigenvalue weighted by atomic mass is 9.95. The highest BCUT2D eigenvalue weighted by Gasteiger charge is 2.03. The zero-order valence-electron chi connectivity index (χ0n) is 10.4. The van der Waals surface area contributed by atoms with E-state index in [4.69, 9.17) is 5.11 Å². The second-order valence-corrected chi connectivity index (χ2v) is 4.59.